The lowest BCUT2D eigenvalue weighted by atomic mass is 10.0. The monoisotopic (exact) mass is 988 g/mol. The van der Waals surface area contributed by atoms with Gasteiger partial charge in [-0.05, 0) is 12.8 Å². The van der Waals surface area contributed by atoms with E-state index >= 15 is 0 Å². The Morgan fingerprint density at radius 1 is 0.286 bits per heavy atom. The van der Waals surface area contributed by atoms with E-state index < -0.39 is 12.1 Å². The van der Waals surface area contributed by atoms with E-state index in [1.807, 2.05) is 0 Å². The highest BCUT2D eigenvalue weighted by Crippen LogP contribution is 2.20. The second-order valence-corrected chi connectivity index (χ2v) is 23.3. The number of unbranched alkanes of at least 4 members (excludes halogenated alkanes) is 56. The summed E-state index contributed by atoms with van der Waals surface area (Å²) >= 11 is 0. The number of amides is 1. The Balaban J connectivity index is 3.35. The topological polar surface area (TPSA) is 69.6 Å². The normalized spacial score (nSPS) is 12.6. The predicted molar refractivity (Wildman–Crippen MR) is 313 cm³/mol. The highest BCUT2D eigenvalue weighted by molar-refractivity contribution is 5.76. The average Bonchev–Trinajstić information content (AvgIpc) is 3.36. The van der Waals surface area contributed by atoms with E-state index in [1.165, 1.54) is 347 Å². The minimum absolute atomic E-state index is 0.0198. The van der Waals surface area contributed by atoms with E-state index in [0.717, 1.165) is 25.7 Å². The molecule has 0 rings (SSSR count). The Labute approximate surface area is 442 Å². The van der Waals surface area contributed by atoms with Gasteiger partial charge in [-0.15, -0.1) is 0 Å². The highest BCUT2D eigenvalue weighted by Gasteiger charge is 2.20. The Morgan fingerprint density at radius 3 is 0.643 bits per heavy atom. The molecular formula is C66H133NO3. The Bertz CT molecular complexity index is 940. The fourth-order valence-corrected chi connectivity index (χ4v) is 11.1. The number of aliphatic hydroxyl groups is 2. The van der Waals surface area contributed by atoms with Crippen LogP contribution in [-0.4, -0.2) is 34.9 Å². The summed E-state index contributed by atoms with van der Waals surface area (Å²) in [6, 6.07) is -0.532. The van der Waals surface area contributed by atoms with E-state index in [1.54, 1.807) is 0 Å². The first-order chi connectivity index (χ1) is 34.7. The summed E-state index contributed by atoms with van der Waals surface area (Å²) in [4.78, 5) is 12.5. The van der Waals surface area contributed by atoms with Gasteiger partial charge in [-0.25, -0.2) is 0 Å². The number of aliphatic hydroxyl groups excluding tert-OH is 2. The zero-order chi connectivity index (χ0) is 50.6. The molecule has 0 spiro atoms. The van der Waals surface area contributed by atoms with Crippen LogP contribution in [0.1, 0.15) is 399 Å². The zero-order valence-corrected chi connectivity index (χ0v) is 48.6. The molecule has 0 saturated heterocycles. The van der Waals surface area contributed by atoms with Crippen LogP contribution in [-0.2, 0) is 4.79 Å². The first-order valence-corrected chi connectivity index (χ1v) is 33.2. The molecule has 0 aromatic rings. The van der Waals surface area contributed by atoms with Crippen molar-refractivity contribution in [2.75, 3.05) is 6.61 Å². The van der Waals surface area contributed by atoms with E-state index in [0.29, 0.717) is 12.8 Å². The number of hydrogen-bond acceptors (Lipinski definition) is 3. The molecule has 420 valence electrons. The fourth-order valence-electron chi connectivity index (χ4n) is 11.1. The minimum Gasteiger partial charge on any atom is -0.394 e. The Hall–Kier alpha value is -0.610. The first kappa shape index (κ1) is 69.4. The molecule has 1 amide bonds. The molecule has 0 aromatic heterocycles. The van der Waals surface area contributed by atoms with E-state index in [2.05, 4.69) is 19.2 Å². The van der Waals surface area contributed by atoms with Crippen molar-refractivity contribution in [3.63, 3.8) is 0 Å². The van der Waals surface area contributed by atoms with Crippen molar-refractivity contribution in [3.05, 3.63) is 0 Å². The van der Waals surface area contributed by atoms with Crippen LogP contribution in [0, 0.1) is 0 Å². The fraction of sp³-hybridized carbons (Fsp3) is 0.985. The van der Waals surface area contributed by atoms with Gasteiger partial charge in [0.15, 0.2) is 0 Å². The summed E-state index contributed by atoms with van der Waals surface area (Å²) in [6.45, 7) is 4.42. The molecule has 0 aliphatic carbocycles. The van der Waals surface area contributed by atoms with Crippen LogP contribution < -0.4 is 5.32 Å². The van der Waals surface area contributed by atoms with Crippen LogP contribution >= 0.6 is 0 Å². The second-order valence-electron chi connectivity index (χ2n) is 23.3. The van der Waals surface area contributed by atoms with Crippen LogP contribution in [0.4, 0.5) is 0 Å². The first-order valence-electron chi connectivity index (χ1n) is 33.2. The van der Waals surface area contributed by atoms with Gasteiger partial charge >= 0.3 is 0 Å². The van der Waals surface area contributed by atoms with Gasteiger partial charge < -0.3 is 15.5 Å². The van der Waals surface area contributed by atoms with Gasteiger partial charge in [-0.2, -0.15) is 0 Å². The van der Waals surface area contributed by atoms with E-state index in [4.69, 9.17) is 0 Å². The van der Waals surface area contributed by atoms with Gasteiger partial charge in [-0.3, -0.25) is 4.79 Å². The zero-order valence-electron chi connectivity index (χ0n) is 48.6. The summed E-state index contributed by atoms with van der Waals surface area (Å²) < 4.78 is 0. The Morgan fingerprint density at radius 2 is 0.457 bits per heavy atom. The summed E-state index contributed by atoms with van der Waals surface area (Å²) in [7, 11) is 0. The lowest BCUT2D eigenvalue weighted by Crippen LogP contribution is -2.45. The molecule has 0 radical (unpaired) electrons. The van der Waals surface area contributed by atoms with Gasteiger partial charge in [0, 0.05) is 6.42 Å². The van der Waals surface area contributed by atoms with Gasteiger partial charge in [0.05, 0.1) is 18.8 Å². The lowest BCUT2D eigenvalue weighted by Gasteiger charge is -2.22. The van der Waals surface area contributed by atoms with Crippen molar-refractivity contribution in [1.29, 1.82) is 0 Å². The average molecular weight is 989 g/mol. The molecular weight excluding hydrogens is 855 g/mol. The molecule has 0 bridgehead atoms. The van der Waals surface area contributed by atoms with Crippen LogP contribution in [0.3, 0.4) is 0 Å². The Kier molecular flexibility index (Phi) is 62.1. The maximum atomic E-state index is 12.5. The molecule has 0 fully saturated rings. The summed E-state index contributed by atoms with van der Waals surface area (Å²) in [5.74, 6) is -0.0198. The number of hydrogen-bond donors (Lipinski definition) is 3. The van der Waals surface area contributed by atoms with Crippen LogP contribution in [0.15, 0.2) is 0 Å². The summed E-state index contributed by atoms with van der Waals surface area (Å²) in [5, 5.41) is 23.4. The largest absolute Gasteiger partial charge is 0.394 e. The third kappa shape index (κ3) is 58.3. The molecule has 0 saturated carbocycles. The third-order valence-electron chi connectivity index (χ3n) is 16.1. The maximum Gasteiger partial charge on any atom is 0.220 e. The molecule has 0 heterocycles. The molecule has 0 aliphatic rings. The molecule has 3 N–H and O–H groups in total. The van der Waals surface area contributed by atoms with Crippen molar-refractivity contribution < 1.29 is 15.0 Å². The molecule has 70 heavy (non-hydrogen) atoms. The quantitative estimate of drug-likeness (QED) is 0.0532. The smallest absolute Gasteiger partial charge is 0.220 e. The highest BCUT2D eigenvalue weighted by atomic mass is 16.3. The molecule has 2 unspecified atom stereocenters. The van der Waals surface area contributed by atoms with E-state index in [9.17, 15) is 15.0 Å². The molecule has 4 nitrogen and oxygen atoms in total. The maximum absolute atomic E-state index is 12.5. The number of carbonyl (C=O) groups is 1. The van der Waals surface area contributed by atoms with Crippen LogP contribution in [0.25, 0.3) is 0 Å². The number of nitrogens with one attached hydrogen (secondary N) is 1. The van der Waals surface area contributed by atoms with Crippen LogP contribution in [0.2, 0.25) is 0 Å². The van der Waals surface area contributed by atoms with Gasteiger partial charge in [0.25, 0.3) is 0 Å². The van der Waals surface area contributed by atoms with Crippen molar-refractivity contribution in [3.8, 4) is 0 Å². The molecule has 0 aliphatic heterocycles. The molecule has 2 atom stereocenters. The second kappa shape index (κ2) is 62.7. The standard InChI is InChI=1S/C66H133NO3/c1-3-5-7-9-11-13-15-17-19-21-23-25-27-29-30-31-32-33-34-35-36-37-38-40-42-44-46-48-50-52-54-56-58-60-62-66(70)67-64(63-68)65(69)61-59-57-55-53-51-49-47-45-43-41-39-28-26-24-22-20-18-16-14-12-10-8-6-4-2/h64-65,68-69H,3-63H2,1-2H3,(H,67,70). The lowest BCUT2D eigenvalue weighted by molar-refractivity contribution is -0.123. The van der Waals surface area contributed by atoms with Crippen molar-refractivity contribution in [2.24, 2.45) is 0 Å². The van der Waals surface area contributed by atoms with Crippen LogP contribution in [0.5, 0.6) is 0 Å². The van der Waals surface area contributed by atoms with Gasteiger partial charge in [0.2, 0.25) is 5.91 Å². The van der Waals surface area contributed by atoms with E-state index in [-0.39, 0.29) is 12.5 Å². The summed E-state index contributed by atoms with van der Waals surface area (Å²) in [6.07, 6.45) is 81.5. The van der Waals surface area contributed by atoms with Gasteiger partial charge in [-0.1, -0.05) is 380 Å². The van der Waals surface area contributed by atoms with Gasteiger partial charge in [0.1, 0.15) is 0 Å². The van der Waals surface area contributed by atoms with Crippen molar-refractivity contribution in [1.82, 2.24) is 5.32 Å². The summed E-state index contributed by atoms with van der Waals surface area (Å²) in [5.41, 5.74) is 0. The van der Waals surface area contributed by atoms with Crippen molar-refractivity contribution >= 4 is 5.91 Å². The molecule has 4 heteroatoms. The molecule has 0 aromatic carbocycles. The number of carbonyl (C=O) groups excluding carboxylic acids is 1. The SMILES string of the molecule is CCCCCCCCCCCCCCCCCCCCCCCCCCCCCCCCCCCCC(=O)NC(CO)C(O)CCCCCCCCCCCCCCCCCCCCCCCCCC. The third-order valence-corrected chi connectivity index (χ3v) is 16.1. The predicted octanol–water partition coefficient (Wildman–Crippen LogP) is 22.3. The minimum atomic E-state index is -0.656. The number of rotatable bonds is 63. The van der Waals surface area contributed by atoms with Crippen molar-refractivity contribution in [2.45, 2.75) is 411 Å².